The molecule has 0 aliphatic heterocycles. The lowest BCUT2D eigenvalue weighted by atomic mass is 10.1. The molecular weight excluding hydrogens is 242 g/mol. The normalized spacial score (nSPS) is 10.3. The number of rotatable bonds is 7. The molecule has 0 amide bonds. The van der Waals surface area contributed by atoms with Crippen molar-refractivity contribution in [2.45, 2.75) is 57.9 Å². The molecule has 3 nitrogen and oxygen atoms in total. The summed E-state index contributed by atoms with van der Waals surface area (Å²) in [7, 11) is 0. The largest absolute Gasteiger partial charge is 0.192 e. The highest BCUT2D eigenvalue weighted by atomic mass is 32.2. The fourth-order valence-electron chi connectivity index (χ4n) is 1.89. The molecule has 98 valence electrons. The average Bonchev–Trinajstić information content (AvgIpc) is 2.42. The zero-order chi connectivity index (χ0) is 13.4. The first-order valence-electron chi connectivity index (χ1n) is 6.69. The van der Waals surface area contributed by atoms with Gasteiger partial charge in [-0.25, -0.2) is 0 Å². The van der Waals surface area contributed by atoms with E-state index in [1.807, 2.05) is 0 Å². The Balaban J connectivity index is 2.89. The number of unbranched alkanes of at least 4 members (excludes halogenated alkanes) is 2. The Labute approximate surface area is 114 Å². The van der Waals surface area contributed by atoms with Gasteiger partial charge in [0, 0.05) is 0 Å². The van der Waals surface area contributed by atoms with E-state index < -0.39 is 0 Å². The van der Waals surface area contributed by atoms with E-state index >= 15 is 0 Å². The highest BCUT2D eigenvalue weighted by Gasteiger charge is 2.14. The molecule has 0 fully saturated rings. The quantitative estimate of drug-likeness (QED) is 0.555. The molecule has 0 bridgehead atoms. The van der Waals surface area contributed by atoms with Gasteiger partial charge in [-0.05, 0) is 30.6 Å². The molecule has 1 heterocycles. The number of aryl methyl sites for hydroxylation is 1. The zero-order valence-electron chi connectivity index (χ0n) is 11.5. The third-order valence-electron chi connectivity index (χ3n) is 2.91. The molecule has 18 heavy (non-hydrogen) atoms. The Kier molecular flexibility index (Phi) is 6.74. The van der Waals surface area contributed by atoms with Crippen LogP contribution in [0.4, 0.5) is 0 Å². The first kappa shape index (κ1) is 15.0. The van der Waals surface area contributed by atoms with Gasteiger partial charge in [0.15, 0.2) is 0 Å². The van der Waals surface area contributed by atoms with Crippen LogP contribution in [0.15, 0.2) is 5.03 Å². The van der Waals surface area contributed by atoms with E-state index in [2.05, 4.69) is 37.0 Å². The first-order valence-corrected chi connectivity index (χ1v) is 7.68. The van der Waals surface area contributed by atoms with Crippen LogP contribution in [0.25, 0.3) is 0 Å². The predicted octanol–water partition coefficient (Wildman–Crippen LogP) is 3.76. The van der Waals surface area contributed by atoms with Crippen LogP contribution in [0.2, 0.25) is 0 Å². The van der Waals surface area contributed by atoms with Gasteiger partial charge in [0.25, 0.3) is 0 Å². The number of thioether (sulfide) groups is 1. The standard InChI is InChI=1S/C14H21N3S/c1-4-7-8-9-18-14-12(10-15)11(5-2)13(6-3)16-17-14/h4-9H2,1-3H3. The molecule has 0 unspecified atom stereocenters. The van der Waals surface area contributed by atoms with Crippen LogP contribution >= 0.6 is 11.8 Å². The summed E-state index contributed by atoms with van der Waals surface area (Å²) in [4.78, 5) is 0. The maximum atomic E-state index is 9.32. The van der Waals surface area contributed by atoms with Crippen molar-refractivity contribution in [3.05, 3.63) is 16.8 Å². The fourth-order valence-corrected chi connectivity index (χ4v) is 2.85. The van der Waals surface area contributed by atoms with Gasteiger partial charge in [-0.3, -0.25) is 0 Å². The SMILES string of the molecule is CCCCCSc1nnc(CC)c(CC)c1C#N. The number of hydrogen-bond acceptors (Lipinski definition) is 4. The summed E-state index contributed by atoms with van der Waals surface area (Å²) in [6.07, 6.45) is 5.31. The topological polar surface area (TPSA) is 49.6 Å². The molecular formula is C14H21N3S. The number of nitrogens with zero attached hydrogens (tertiary/aromatic N) is 3. The van der Waals surface area contributed by atoms with Gasteiger partial charge < -0.3 is 0 Å². The van der Waals surface area contributed by atoms with Crippen LogP contribution in [0.5, 0.6) is 0 Å². The zero-order valence-corrected chi connectivity index (χ0v) is 12.3. The second kappa shape index (κ2) is 8.10. The smallest absolute Gasteiger partial charge is 0.137 e. The van der Waals surface area contributed by atoms with Crippen molar-refractivity contribution in [1.82, 2.24) is 10.2 Å². The van der Waals surface area contributed by atoms with Gasteiger partial charge in [-0.2, -0.15) is 10.4 Å². The van der Waals surface area contributed by atoms with E-state index in [0.717, 1.165) is 40.4 Å². The van der Waals surface area contributed by atoms with Crippen molar-refractivity contribution >= 4 is 11.8 Å². The molecule has 0 saturated heterocycles. The van der Waals surface area contributed by atoms with Gasteiger partial charge in [0.05, 0.1) is 11.3 Å². The van der Waals surface area contributed by atoms with Crippen molar-refractivity contribution in [3.8, 4) is 6.07 Å². The van der Waals surface area contributed by atoms with Gasteiger partial charge in [0.1, 0.15) is 11.1 Å². The predicted molar refractivity (Wildman–Crippen MR) is 75.8 cm³/mol. The van der Waals surface area contributed by atoms with Crippen molar-refractivity contribution in [2.24, 2.45) is 0 Å². The molecule has 0 radical (unpaired) electrons. The van der Waals surface area contributed by atoms with Crippen molar-refractivity contribution < 1.29 is 0 Å². The maximum Gasteiger partial charge on any atom is 0.137 e. The van der Waals surface area contributed by atoms with Crippen molar-refractivity contribution in [3.63, 3.8) is 0 Å². The highest BCUT2D eigenvalue weighted by molar-refractivity contribution is 7.99. The number of nitriles is 1. The van der Waals surface area contributed by atoms with Crippen LogP contribution in [-0.2, 0) is 12.8 Å². The third kappa shape index (κ3) is 3.71. The molecule has 0 saturated carbocycles. The summed E-state index contributed by atoms with van der Waals surface area (Å²) in [6.45, 7) is 6.32. The van der Waals surface area contributed by atoms with E-state index in [1.54, 1.807) is 11.8 Å². The van der Waals surface area contributed by atoms with Gasteiger partial charge >= 0.3 is 0 Å². The second-order valence-electron chi connectivity index (χ2n) is 4.18. The number of aromatic nitrogens is 2. The van der Waals surface area contributed by atoms with Gasteiger partial charge in [0.2, 0.25) is 0 Å². The van der Waals surface area contributed by atoms with Crippen LogP contribution < -0.4 is 0 Å². The van der Waals surface area contributed by atoms with Crippen LogP contribution in [-0.4, -0.2) is 16.0 Å². The van der Waals surface area contributed by atoms with Crippen molar-refractivity contribution in [2.75, 3.05) is 5.75 Å². The first-order chi connectivity index (χ1) is 8.78. The maximum absolute atomic E-state index is 9.32. The summed E-state index contributed by atoms with van der Waals surface area (Å²) in [5, 5.41) is 18.6. The second-order valence-corrected chi connectivity index (χ2v) is 5.26. The highest BCUT2D eigenvalue weighted by Crippen LogP contribution is 2.25. The molecule has 0 N–H and O–H groups in total. The molecule has 4 heteroatoms. The number of hydrogen-bond donors (Lipinski definition) is 0. The molecule has 0 spiro atoms. The van der Waals surface area contributed by atoms with Crippen molar-refractivity contribution in [1.29, 1.82) is 5.26 Å². The Bertz CT molecular complexity index is 424. The fraction of sp³-hybridized carbons (Fsp3) is 0.643. The van der Waals surface area contributed by atoms with E-state index in [-0.39, 0.29) is 0 Å². The summed E-state index contributed by atoms with van der Waals surface area (Å²) in [5.41, 5.74) is 2.78. The lowest BCUT2D eigenvalue weighted by Gasteiger charge is -2.09. The van der Waals surface area contributed by atoms with E-state index in [1.165, 1.54) is 19.3 Å². The van der Waals surface area contributed by atoms with E-state index in [0.29, 0.717) is 0 Å². The van der Waals surface area contributed by atoms with Gasteiger partial charge in [-0.1, -0.05) is 33.6 Å². The minimum absolute atomic E-state index is 0.742. The average molecular weight is 263 g/mol. The van der Waals surface area contributed by atoms with Gasteiger partial charge in [-0.15, -0.1) is 16.9 Å². The molecule has 1 aromatic heterocycles. The van der Waals surface area contributed by atoms with Crippen LogP contribution in [0, 0.1) is 11.3 Å². The molecule has 0 aliphatic rings. The molecule has 1 aromatic rings. The molecule has 0 atom stereocenters. The molecule has 1 rings (SSSR count). The summed E-state index contributed by atoms with van der Waals surface area (Å²) < 4.78 is 0. The van der Waals surface area contributed by atoms with E-state index in [4.69, 9.17) is 0 Å². The molecule has 0 aliphatic carbocycles. The summed E-state index contributed by atoms with van der Waals surface area (Å²) in [5.74, 6) is 1.02. The van der Waals surface area contributed by atoms with Crippen LogP contribution in [0.3, 0.4) is 0 Å². The Morgan fingerprint density at radius 1 is 1.11 bits per heavy atom. The minimum Gasteiger partial charge on any atom is -0.192 e. The summed E-state index contributed by atoms with van der Waals surface area (Å²) in [6, 6.07) is 2.31. The Morgan fingerprint density at radius 2 is 1.89 bits per heavy atom. The third-order valence-corrected chi connectivity index (χ3v) is 3.96. The Hall–Kier alpha value is -1.08. The van der Waals surface area contributed by atoms with Crippen LogP contribution in [0.1, 0.15) is 56.9 Å². The van der Waals surface area contributed by atoms with E-state index in [9.17, 15) is 5.26 Å². The summed E-state index contributed by atoms with van der Waals surface area (Å²) >= 11 is 1.66. The lowest BCUT2D eigenvalue weighted by Crippen LogP contribution is -2.04. The molecule has 0 aromatic carbocycles. The minimum atomic E-state index is 0.742. The lowest BCUT2D eigenvalue weighted by molar-refractivity contribution is 0.775. The Morgan fingerprint density at radius 3 is 2.44 bits per heavy atom. The monoisotopic (exact) mass is 263 g/mol.